The molecule has 3 heteroatoms. The average Bonchev–Trinajstić information content (AvgIpc) is 3.81. The standard InChI is InChI=1S/C50H31NOS/c1-2-11-32(12-3-1)40-29-30-45(48-44-16-6-8-19-46(44)52-49(40)48)51(37-27-28-39-35(31-37)22-21-33-13-4-5-14-38(33)39)36-25-23-34(24-26-36)41-17-10-18-43-42-15-7-9-20-47(42)53-50(41)43/h1-31H. The van der Waals surface area contributed by atoms with Gasteiger partial charge in [0.2, 0.25) is 0 Å². The van der Waals surface area contributed by atoms with E-state index in [1.807, 2.05) is 17.4 Å². The molecule has 53 heavy (non-hydrogen) atoms. The molecule has 0 atom stereocenters. The maximum atomic E-state index is 6.74. The SMILES string of the molecule is c1ccc(-c2ccc(N(c3ccc(-c4cccc5c4sc4ccccc45)cc3)c3ccc4c(ccc5ccccc54)c3)c3c2oc2ccccc23)cc1. The van der Waals surface area contributed by atoms with Gasteiger partial charge in [-0.2, -0.15) is 0 Å². The summed E-state index contributed by atoms with van der Waals surface area (Å²) in [5.41, 5.74) is 9.68. The maximum absolute atomic E-state index is 6.74. The Morgan fingerprint density at radius 3 is 1.98 bits per heavy atom. The summed E-state index contributed by atoms with van der Waals surface area (Å²) < 4.78 is 9.38. The van der Waals surface area contributed by atoms with Crippen molar-refractivity contribution in [2.75, 3.05) is 4.90 Å². The zero-order chi connectivity index (χ0) is 34.9. The Labute approximate surface area is 310 Å². The van der Waals surface area contributed by atoms with E-state index in [9.17, 15) is 0 Å². The Morgan fingerprint density at radius 1 is 0.415 bits per heavy atom. The van der Waals surface area contributed by atoms with Crippen LogP contribution in [0.15, 0.2) is 192 Å². The molecule has 11 aromatic rings. The third kappa shape index (κ3) is 4.78. The number of nitrogens with zero attached hydrogens (tertiary/aromatic N) is 1. The van der Waals surface area contributed by atoms with E-state index in [4.69, 9.17) is 4.42 Å². The van der Waals surface area contributed by atoms with Crippen LogP contribution < -0.4 is 4.90 Å². The molecule has 0 aliphatic rings. The van der Waals surface area contributed by atoms with E-state index in [2.05, 4.69) is 187 Å². The molecule has 0 spiro atoms. The quantitative estimate of drug-likeness (QED) is 0.167. The number of fused-ring (bicyclic) bond motifs is 9. The molecule has 0 fully saturated rings. The molecule has 248 valence electrons. The van der Waals surface area contributed by atoms with E-state index < -0.39 is 0 Å². The van der Waals surface area contributed by atoms with E-state index in [1.165, 1.54) is 52.8 Å². The van der Waals surface area contributed by atoms with Crippen molar-refractivity contribution in [2.45, 2.75) is 0 Å². The van der Waals surface area contributed by atoms with Crippen molar-refractivity contribution in [3.8, 4) is 22.3 Å². The second-order valence-corrected chi connectivity index (χ2v) is 14.7. The van der Waals surface area contributed by atoms with Crippen LogP contribution in [0, 0.1) is 0 Å². The lowest BCUT2D eigenvalue weighted by atomic mass is 9.98. The van der Waals surface area contributed by atoms with Gasteiger partial charge in [-0.1, -0.05) is 140 Å². The zero-order valence-electron chi connectivity index (χ0n) is 28.7. The molecule has 11 rings (SSSR count). The van der Waals surface area contributed by atoms with Gasteiger partial charge in [-0.15, -0.1) is 11.3 Å². The summed E-state index contributed by atoms with van der Waals surface area (Å²) in [5, 5.41) is 9.78. The molecule has 0 amide bonds. The van der Waals surface area contributed by atoms with Crippen LogP contribution in [0.25, 0.3) is 85.9 Å². The lowest BCUT2D eigenvalue weighted by Gasteiger charge is -2.27. The second kappa shape index (κ2) is 11.9. The number of hydrogen-bond donors (Lipinski definition) is 0. The highest BCUT2D eigenvalue weighted by molar-refractivity contribution is 7.26. The number of furan rings is 1. The lowest BCUT2D eigenvalue weighted by molar-refractivity contribution is 0.670. The highest BCUT2D eigenvalue weighted by Crippen LogP contribution is 2.47. The number of anilines is 3. The van der Waals surface area contributed by atoms with Gasteiger partial charge >= 0.3 is 0 Å². The van der Waals surface area contributed by atoms with Crippen LogP contribution in [-0.2, 0) is 0 Å². The third-order valence-corrected chi connectivity index (χ3v) is 11.9. The topological polar surface area (TPSA) is 16.4 Å². The van der Waals surface area contributed by atoms with E-state index >= 15 is 0 Å². The predicted molar refractivity (Wildman–Crippen MR) is 227 cm³/mol. The third-order valence-electron chi connectivity index (χ3n) is 10.7. The fraction of sp³-hybridized carbons (Fsp3) is 0. The number of benzene rings is 9. The largest absolute Gasteiger partial charge is 0.455 e. The lowest BCUT2D eigenvalue weighted by Crippen LogP contribution is -2.10. The molecule has 9 aromatic carbocycles. The van der Waals surface area contributed by atoms with Gasteiger partial charge in [-0.25, -0.2) is 0 Å². The Bertz CT molecular complexity index is 3170. The molecule has 0 radical (unpaired) electrons. The minimum atomic E-state index is 0.879. The highest BCUT2D eigenvalue weighted by atomic mass is 32.1. The molecular formula is C50H31NOS. The van der Waals surface area contributed by atoms with Crippen LogP contribution in [0.3, 0.4) is 0 Å². The molecule has 0 saturated heterocycles. The van der Waals surface area contributed by atoms with Crippen molar-refractivity contribution in [1.82, 2.24) is 0 Å². The summed E-state index contributed by atoms with van der Waals surface area (Å²) in [7, 11) is 0. The van der Waals surface area contributed by atoms with Gasteiger partial charge in [0.15, 0.2) is 0 Å². The number of rotatable bonds is 5. The van der Waals surface area contributed by atoms with E-state index in [0.29, 0.717) is 0 Å². The maximum Gasteiger partial charge on any atom is 0.145 e. The monoisotopic (exact) mass is 693 g/mol. The fourth-order valence-electron chi connectivity index (χ4n) is 8.17. The van der Waals surface area contributed by atoms with Crippen LogP contribution in [0.1, 0.15) is 0 Å². The molecule has 2 aromatic heterocycles. The molecule has 2 nitrogen and oxygen atoms in total. The van der Waals surface area contributed by atoms with Crippen LogP contribution in [0.4, 0.5) is 17.1 Å². The minimum Gasteiger partial charge on any atom is -0.455 e. The molecule has 0 aliphatic heterocycles. The molecule has 0 unspecified atom stereocenters. The van der Waals surface area contributed by atoms with Crippen molar-refractivity contribution in [3.63, 3.8) is 0 Å². The first-order valence-corrected chi connectivity index (χ1v) is 18.8. The van der Waals surface area contributed by atoms with Gasteiger partial charge in [-0.3, -0.25) is 0 Å². The summed E-state index contributed by atoms with van der Waals surface area (Å²) >= 11 is 1.87. The van der Waals surface area contributed by atoms with Gasteiger partial charge in [0.25, 0.3) is 0 Å². The van der Waals surface area contributed by atoms with E-state index in [0.717, 1.165) is 50.1 Å². The Morgan fingerprint density at radius 2 is 1.09 bits per heavy atom. The first-order valence-electron chi connectivity index (χ1n) is 18.0. The van der Waals surface area contributed by atoms with Crippen LogP contribution in [0.5, 0.6) is 0 Å². The van der Waals surface area contributed by atoms with Gasteiger partial charge in [-0.05, 0) is 86.8 Å². The van der Waals surface area contributed by atoms with Gasteiger partial charge in [0.05, 0.1) is 11.1 Å². The van der Waals surface area contributed by atoms with Crippen molar-refractivity contribution in [2.24, 2.45) is 0 Å². The summed E-state index contributed by atoms with van der Waals surface area (Å²) in [6.45, 7) is 0. The number of thiophene rings is 1. The molecule has 0 aliphatic carbocycles. The Balaban J connectivity index is 1.14. The molecule has 0 N–H and O–H groups in total. The molecule has 0 bridgehead atoms. The molecular weight excluding hydrogens is 663 g/mol. The van der Waals surface area contributed by atoms with Crippen LogP contribution in [-0.4, -0.2) is 0 Å². The van der Waals surface area contributed by atoms with Gasteiger partial charge in [0, 0.05) is 42.5 Å². The van der Waals surface area contributed by atoms with Crippen molar-refractivity contribution in [1.29, 1.82) is 0 Å². The predicted octanol–water partition coefficient (Wildman–Crippen LogP) is 15.1. The van der Waals surface area contributed by atoms with Gasteiger partial charge in [0.1, 0.15) is 11.2 Å². The van der Waals surface area contributed by atoms with E-state index in [1.54, 1.807) is 0 Å². The fourth-order valence-corrected chi connectivity index (χ4v) is 9.41. The van der Waals surface area contributed by atoms with Crippen molar-refractivity contribution >= 4 is 92.1 Å². The Kier molecular flexibility index (Phi) is 6.76. The first kappa shape index (κ1) is 30.0. The summed E-state index contributed by atoms with van der Waals surface area (Å²) in [5.74, 6) is 0. The normalized spacial score (nSPS) is 11.8. The second-order valence-electron chi connectivity index (χ2n) is 13.7. The number of hydrogen-bond acceptors (Lipinski definition) is 3. The summed E-state index contributed by atoms with van der Waals surface area (Å²) in [6.07, 6.45) is 0. The highest BCUT2D eigenvalue weighted by Gasteiger charge is 2.23. The zero-order valence-corrected chi connectivity index (χ0v) is 29.5. The van der Waals surface area contributed by atoms with E-state index in [-0.39, 0.29) is 0 Å². The summed E-state index contributed by atoms with van der Waals surface area (Å²) in [4.78, 5) is 2.40. The molecule has 2 heterocycles. The summed E-state index contributed by atoms with van der Waals surface area (Å²) in [6, 6.07) is 67.9. The minimum absolute atomic E-state index is 0.879. The first-order chi connectivity index (χ1) is 26.3. The average molecular weight is 694 g/mol. The van der Waals surface area contributed by atoms with Crippen molar-refractivity contribution in [3.05, 3.63) is 188 Å². The molecule has 0 saturated carbocycles. The Hall–Kier alpha value is -6.68. The van der Waals surface area contributed by atoms with Gasteiger partial charge < -0.3 is 9.32 Å². The van der Waals surface area contributed by atoms with Crippen LogP contribution in [0.2, 0.25) is 0 Å². The van der Waals surface area contributed by atoms with Crippen LogP contribution >= 0.6 is 11.3 Å². The van der Waals surface area contributed by atoms with Crippen molar-refractivity contribution < 1.29 is 4.42 Å². The smallest absolute Gasteiger partial charge is 0.145 e. The number of para-hydroxylation sites is 1.